The minimum Gasteiger partial charge on any atom is -0.492 e. The van der Waals surface area contributed by atoms with Crippen LogP contribution in [0.15, 0.2) is 18.2 Å². The number of benzene rings is 1. The summed E-state index contributed by atoms with van der Waals surface area (Å²) in [4.78, 5) is 39.7. The second-order valence-corrected chi connectivity index (χ2v) is 8.03. The molecule has 0 saturated carbocycles. The fourth-order valence-corrected chi connectivity index (χ4v) is 3.67. The summed E-state index contributed by atoms with van der Waals surface area (Å²) >= 11 is 11.9. The van der Waals surface area contributed by atoms with Gasteiger partial charge in [-0.25, -0.2) is 0 Å². The number of rotatable bonds is 9. The highest BCUT2D eigenvalue weighted by atomic mass is 35.5. The molecule has 1 aromatic rings. The Morgan fingerprint density at radius 2 is 1.90 bits per heavy atom. The monoisotopic (exact) mass is 458 g/mol. The van der Waals surface area contributed by atoms with E-state index in [1.54, 1.807) is 37.1 Å². The van der Waals surface area contributed by atoms with Crippen molar-refractivity contribution in [3.05, 3.63) is 28.2 Å². The zero-order valence-corrected chi connectivity index (χ0v) is 18.9. The van der Waals surface area contributed by atoms with Crippen LogP contribution in [-0.4, -0.2) is 67.5 Å². The van der Waals surface area contributed by atoms with Crippen molar-refractivity contribution in [1.29, 1.82) is 0 Å². The molecule has 2 amide bonds. The number of hydrogen-bond donors (Lipinski definition) is 0. The van der Waals surface area contributed by atoms with Gasteiger partial charge < -0.3 is 19.3 Å². The van der Waals surface area contributed by atoms with Gasteiger partial charge in [0, 0.05) is 31.6 Å². The summed E-state index contributed by atoms with van der Waals surface area (Å²) in [7, 11) is 1.61. The van der Waals surface area contributed by atoms with Crippen LogP contribution in [0.1, 0.15) is 32.6 Å². The Kier molecular flexibility index (Phi) is 9.72. The first-order chi connectivity index (χ1) is 14.3. The molecule has 0 aliphatic carbocycles. The fraction of sp³-hybridized carbons (Fsp3) is 0.571. The fourth-order valence-electron chi connectivity index (χ4n) is 3.20. The quantitative estimate of drug-likeness (QED) is 0.418. The van der Waals surface area contributed by atoms with Gasteiger partial charge in [0.2, 0.25) is 11.8 Å². The molecule has 0 aromatic heterocycles. The standard InChI is InChI=1S/C21H28Cl2N2O5/c1-3-29-21(28)15-8-10-25(11-9-15)20(27)14-24(2)19(26)5-4-12-30-18-7-6-16(22)13-17(18)23/h6-7,13,15H,3-5,8-12,14H2,1-2H3. The van der Waals surface area contributed by atoms with Crippen molar-refractivity contribution in [3.63, 3.8) is 0 Å². The van der Waals surface area contributed by atoms with Crippen LogP contribution in [-0.2, 0) is 19.1 Å². The predicted octanol–water partition coefficient (Wildman–Crippen LogP) is 3.41. The number of piperidine rings is 1. The van der Waals surface area contributed by atoms with Gasteiger partial charge in [-0.05, 0) is 44.4 Å². The Bertz CT molecular complexity index is 751. The minimum atomic E-state index is -0.195. The molecule has 0 bridgehead atoms. The maximum atomic E-state index is 12.5. The third-order valence-electron chi connectivity index (χ3n) is 4.95. The normalized spacial score (nSPS) is 14.3. The summed E-state index contributed by atoms with van der Waals surface area (Å²) in [6.07, 6.45) is 1.95. The molecule has 0 spiro atoms. The van der Waals surface area contributed by atoms with E-state index in [1.807, 2.05) is 0 Å². The average Bonchev–Trinajstić information content (AvgIpc) is 2.72. The van der Waals surface area contributed by atoms with E-state index in [1.165, 1.54) is 4.90 Å². The Balaban J connectivity index is 1.67. The molecule has 1 saturated heterocycles. The molecule has 0 atom stereocenters. The Morgan fingerprint density at radius 3 is 2.53 bits per heavy atom. The second-order valence-electron chi connectivity index (χ2n) is 7.18. The number of likely N-dealkylation sites (N-methyl/N-ethyl adjacent to an activating group) is 1. The molecule has 7 nitrogen and oxygen atoms in total. The molecular formula is C21H28Cl2N2O5. The largest absolute Gasteiger partial charge is 0.492 e. The second kappa shape index (κ2) is 12.0. The summed E-state index contributed by atoms with van der Waals surface area (Å²) in [5, 5.41) is 0.946. The van der Waals surface area contributed by atoms with Crippen LogP contribution in [0.3, 0.4) is 0 Å². The molecular weight excluding hydrogens is 431 g/mol. The van der Waals surface area contributed by atoms with E-state index in [-0.39, 0.29) is 36.7 Å². The van der Waals surface area contributed by atoms with Gasteiger partial charge in [0.05, 0.1) is 30.7 Å². The molecule has 30 heavy (non-hydrogen) atoms. The first kappa shape index (κ1) is 24.3. The summed E-state index contributed by atoms with van der Waals surface area (Å²) in [6, 6.07) is 4.96. The van der Waals surface area contributed by atoms with Crippen molar-refractivity contribution < 1.29 is 23.9 Å². The molecule has 1 aromatic carbocycles. The molecule has 0 unspecified atom stereocenters. The molecule has 0 N–H and O–H groups in total. The zero-order chi connectivity index (χ0) is 22.1. The minimum absolute atomic E-state index is 0.0206. The lowest BCUT2D eigenvalue weighted by molar-refractivity contribution is -0.151. The molecule has 9 heteroatoms. The van der Waals surface area contributed by atoms with Crippen molar-refractivity contribution >= 4 is 41.0 Å². The molecule has 166 valence electrons. The van der Waals surface area contributed by atoms with Crippen molar-refractivity contribution in [1.82, 2.24) is 9.80 Å². The Morgan fingerprint density at radius 1 is 1.20 bits per heavy atom. The number of hydrogen-bond acceptors (Lipinski definition) is 5. The summed E-state index contributed by atoms with van der Waals surface area (Å²) in [5.74, 6) is -0.0716. The van der Waals surface area contributed by atoms with Gasteiger partial charge in [0.1, 0.15) is 5.75 Å². The van der Waals surface area contributed by atoms with E-state index < -0.39 is 0 Å². The van der Waals surface area contributed by atoms with Gasteiger partial charge >= 0.3 is 5.97 Å². The highest BCUT2D eigenvalue weighted by molar-refractivity contribution is 6.35. The SMILES string of the molecule is CCOC(=O)C1CCN(C(=O)CN(C)C(=O)CCCOc2ccc(Cl)cc2Cl)CC1. The molecule has 1 heterocycles. The highest BCUT2D eigenvalue weighted by Gasteiger charge is 2.28. The number of carbonyl (C=O) groups excluding carboxylic acids is 3. The average molecular weight is 459 g/mol. The van der Waals surface area contributed by atoms with E-state index in [9.17, 15) is 14.4 Å². The van der Waals surface area contributed by atoms with Crippen LogP contribution < -0.4 is 4.74 Å². The van der Waals surface area contributed by atoms with Gasteiger partial charge in [-0.1, -0.05) is 23.2 Å². The number of amides is 2. The van der Waals surface area contributed by atoms with Crippen LogP contribution >= 0.6 is 23.2 Å². The van der Waals surface area contributed by atoms with Gasteiger partial charge in [0.25, 0.3) is 0 Å². The number of esters is 1. The van der Waals surface area contributed by atoms with Crippen LogP contribution in [0.5, 0.6) is 5.75 Å². The number of likely N-dealkylation sites (tertiary alicyclic amines) is 1. The van der Waals surface area contributed by atoms with E-state index in [0.29, 0.717) is 61.4 Å². The van der Waals surface area contributed by atoms with Crippen molar-refractivity contribution in [2.24, 2.45) is 5.92 Å². The third kappa shape index (κ3) is 7.36. The van der Waals surface area contributed by atoms with Gasteiger partial charge in [-0.3, -0.25) is 14.4 Å². The van der Waals surface area contributed by atoms with E-state index in [4.69, 9.17) is 32.7 Å². The maximum Gasteiger partial charge on any atom is 0.309 e. The molecule has 1 aliphatic rings. The Hall–Kier alpha value is -1.99. The maximum absolute atomic E-state index is 12.5. The van der Waals surface area contributed by atoms with Gasteiger partial charge in [-0.2, -0.15) is 0 Å². The summed E-state index contributed by atoms with van der Waals surface area (Å²) in [5.41, 5.74) is 0. The first-order valence-electron chi connectivity index (χ1n) is 10.1. The van der Waals surface area contributed by atoms with Crippen LogP contribution in [0.2, 0.25) is 10.0 Å². The van der Waals surface area contributed by atoms with E-state index in [2.05, 4.69) is 0 Å². The van der Waals surface area contributed by atoms with E-state index in [0.717, 1.165) is 0 Å². The summed E-state index contributed by atoms with van der Waals surface area (Å²) < 4.78 is 10.6. The van der Waals surface area contributed by atoms with E-state index >= 15 is 0 Å². The summed E-state index contributed by atoms with van der Waals surface area (Å²) in [6.45, 7) is 3.49. The van der Waals surface area contributed by atoms with Crippen LogP contribution in [0.25, 0.3) is 0 Å². The smallest absolute Gasteiger partial charge is 0.309 e. The van der Waals surface area contributed by atoms with Gasteiger partial charge in [0.15, 0.2) is 0 Å². The van der Waals surface area contributed by atoms with Crippen LogP contribution in [0.4, 0.5) is 0 Å². The number of nitrogens with zero attached hydrogens (tertiary/aromatic N) is 2. The highest BCUT2D eigenvalue weighted by Crippen LogP contribution is 2.27. The molecule has 2 rings (SSSR count). The molecule has 0 radical (unpaired) electrons. The zero-order valence-electron chi connectivity index (χ0n) is 17.4. The Labute approximate surface area is 187 Å². The molecule has 1 fully saturated rings. The topological polar surface area (TPSA) is 76.2 Å². The third-order valence-corrected chi connectivity index (χ3v) is 5.48. The van der Waals surface area contributed by atoms with Crippen LogP contribution in [0, 0.1) is 5.92 Å². The number of carbonyl (C=O) groups is 3. The lowest BCUT2D eigenvalue weighted by Gasteiger charge is -2.32. The number of ether oxygens (including phenoxy) is 2. The molecule has 1 aliphatic heterocycles. The first-order valence-corrected chi connectivity index (χ1v) is 10.8. The number of halogens is 2. The van der Waals surface area contributed by atoms with Crippen molar-refractivity contribution in [2.45, 2.75) is 32.6 Å². The lowest BCUT2D eigenvalue weighted by Crippen LogP contribution is -2.45. The predicted molar refractivity (Wildman–Crippen MR) is 115 cm³/mol. The lowest BCUT2D eigenvalue weighted by atomic mass is 9.97. The van der Waals surface area contributed by atoms with Gasteiger partial charge in [-0.15, -0.1) is 0 Å². The van der Waals surface area contributed by atoms with Crippen molar-refractivity contribution in [3.8, 4) is 5.75 Å². The van der Waals surface area contributed by atoms with Crippen molar-refractivity contribution in [2.75, 3.05) is 39.9 Å².